The number of thioether (sulfide) groups is 1. The summed E-state index contributed by atoms with van der Waals surface area (Å²) in [6.07, 6.45) is 1.89. The summed E-state index contributed by atoms with van der Waals surface area (Å²) in [4.78, 5) is 15.2. The minimum atomic E-state index is -0.0460. The van der Waals surface area contributed by atoms with Crippen LogP contribution in [0.5, 0.6) is 5.75 Å². The molecular weight excluding hydrogens is 422 g/mol. The Hall–Kier alpha value is -2.89. The van der Waals surface area contributed by atoms with Crippen LogP contribution in [0.25, 0.3) is 6.08 Å². The number of nitrogens with zero attached hydrogens (tertiary/aromatic N) is 1. The molecule has 0 aliphatic carbocycles. The van der Waals surface area contributed by atoms with Gasteiger partial charge in [-0.25, -0.2) is 0 Å². The molecule has 4 rings (SSSR count). The zero-order valence-electron chi connectivity index (χ0n) is 17.5. The number of benzene rings is 3. The largest absolute Gasteiger partial charge is 0.489 e. The first-order chi connectivity index (χ1) is 15.0. The Bertz CT molecular complexity index is 1120. The third-order valence-corrected chi connectivity index (χ3v) is 6.42. The van der Waals surface area contributed by atoms with Crippen LogP contribution in [0.2, 0.25) is 0 Å². The Morgan fingerprint density at radius 1 is 0.871 bits per heavy atom. The molecule has 1 saturated heterocycles. The van der Waals surface area contributed by atoms with Gasteiger partial charge in [0.05, 0.1) is 11.4 Å². The molecule has 1 heterocycles. The first kappa shape index (κ1) is 21.3. The molecule has 31 heavy (non-hydrogen) atoms. The second-order valence-electron chi connectivity index (χ2n) is 7.60. The van der Waals surface area contributed by atoms with Gasteiger partial charge in [-0.2, -0.15) is 0 Å². The van der Waals surface area contributed by atoms with Crippen LogP contribution < -0.4 is 4.74 Å². The Labute approximate surface area is 192 Å². The van der Waals surface area contributed by atoms with E-state index in [1.165, 1.54) is 22.9 Å². The summed E-state index contributed by atoms with van der Waals surface area (Å²) >= 11 is 6.80. The van der Waals surface area contributed by atoms with Crippen LogP contribution in [-0.4, -0.2) is 15.1 Å². The van der Waals surface area contributed by atoms with Crippen molar-refractivity contribution in [2.45, 2.75) is 27.0 Å². The fraction of sp³-hybridized carbons (Fsp3) is 0.154. The average molecular weight is 446 g/mol. The zero-order valence-corrected chi connectivity index (χ0v) is 19.1. The standard InChI is InChI=1S/C26H23NO2S2/c1-18-3-7-21(8-4-18)16-27-25(28)24(31-26(27)30)15-20-11-13-23(14-12-20)29-17-22-9-5-19(2)6-10-22/h3-15H,16-17H2,1-2H3. The molecule has 0 saturated carbocycles. The molecule has 0 N–H and O–H groups in total. The van der Waals surface area contributed by atoms with Crippen molar-refractivity contribution in [3.63, 3.8) is 0 Å². The number of hydrogen-bond donors (Lipinski definition) is 0. The number of carbonyl (C=O) groups excluding carboxylic acids is 1. The smallest absolute Gasteiger partial charge is 0.266 e. The van der Waals surface area contributed by atoms with E-state index in [1.807, 2.05) is 61.5 Å². The molecule has 1 amide bonds. The Morgan fingerprint density at radius 3 is 2.06 bits per heavy atom. The van der Waals surface area contributed by atoms with Crippen molar-refractivity contribution in [2.75, 3.05) is 0 Å². The normalized spacial score (nSPS) is 15.0. The van der Waals surface area contributed by atoms with Crippen LogP contribution in [0.3, 0.4) is 0 Å². The maximum atomic E-state index is 12.9. The highest BCUT2D eigenvalue weighted by atomic mass is 32.2. The summed E-state index contributed by atoms with van der Waals surface area (Å²) in [7, 11) is 0. The van der Waals surface area contributed by atoms with Crippen molar-refractivity contribution >= 4 is 40.3 Å². The van der Waals surface area contributed by atoms with Gasteiger partial charge in [-0.05, 0) is 48.7 Å². The van der Waals surface area contributed by atoms with Gasteiger partial charge in [0.1, 0.15) is 16.7 Å². The predicted octanol–water partition coefficient (Wildman–Crippen LogP) is 6.28. The lowest BCUT2D eigenvalue weighted by Gasteiger charge is -2.14. The lowest BCUT2D eigenvalue weighted by molar-refractivity contribution is -0.122. The van der Waals surface area contributed by atoms with E-state index in [-0.39, 0.29) is 5.91 Å². The van der Waals surface area contributed by atoms with Crippen molar-refractivity contribution in [3.05, 3.63) is 106 Å². The number of rotatable bonds is 6. The molecule has 156 valence electrons. The van der Waals surface area contributed by atoms with Crippen molar-refractivity contribution in [1.29, 1.82) is 0 Å². The van der Waals surface area contributed by atoms with E-state index in [1.54, 1.807) is 4.90 Å². The van der Waals surface area contributed by atoms with Crippen molar-refractivity contribution in [3.8, 4) is 5.75 Å². The number of ether oxygens (including phenoxy) is 1. The molecule has 0 atom stereocenters. The molecular formula is C26H23NO2S2. The third kappa shape index (κ3) is 5.43. The number of aryl methyl sites for hydroxylation is 2. The Balaban J connectivity index is 1.39. The first-order valence-corrected chi connectivity index (χ1v) is 11.3. The maximum Gasteiger partial charge on any atom is 0.266 e. The second-order valence-corrected chi connectivity index (χ2v) is 9.27. The third-order valence-electron chi connectivity index (χ3n) is 5.04. The van der Waals surface area contributed by atoms with E-state index in [0.717, 1.165) is 22.4 Å². The molecule has 3 nitrogen and oxygen atoms in total. The topological polar surface area (TPSA) is 29.5 Å². The number of thiocarbonyl (C=S) groups is 1. The molecule has 0 radical (unpaired) electrons. The first-order valence-electron chi connectivity index (χ1n) is 10.1. The van der Waals surface area contributed by atoms with Crippen LogP contribution in [0.1, 0.15) is 27.8 Å². The molecule has 0 aromatic heterocycles. The fourth-order valence-electron chi connectivity index (χ4n) is 3.17. The van der Waals surface area contributed by atoms with Gasteiger partial charge < -0.3 is 4.74 Å². The lowest BCUT2D eigenvalue weighted by atomic mass is 10.1. The van der Waals surface area contributed by atoms with E-state index < -0.39 is 0 Å². The summed E-state index contributed by atoms with van der Waals surface area (Å²) in [6, 6.07) is 24.2. The van der Waals surface area contributed by atoms with Crippen LogP contribution in [0.4, 0.5) is 0 Å². The van der Waals surface area contributed by atoms with Crippen LogP contribution in [-0.2, 0) is 17.9 Å². The summed E-state index contributed by atoms with van der Waals surface area (Å²) in [5, 5.41) is 0. The van der Waals surface area contributed by atoms with Crippen LogP contribution in [0.15, 0.2) is 77.7 Å². The summed E-state index contributed by atoms with van der Waals surface area (Å²) in [6.45, 7) is 5.13. The predicted molar refractivity (Wildman–Crippen MR) is 132 cm³/mol. The second kappa shape index (κ2) is 9.50. The zero-order chi connectivity index (χ0) is 21.8. The van der Waals surface area contributed by atoms with E-state index in [4.69, 9.17) is 17.0 Å². The van der Waals surface area contributed by atoms with E-state index in [0.29, 0.717) is 22.4 Å². The SMILES string of the molecule is Cc1ccc(COc2ccc(C=C3SC(=S)N(Cc4ccc(C)cc4)C3=O)cc2)cc1. The monoisotopic (exact) mass is 445 g/mol. The molecule has 1 fully saturated rings. The number of amides is 1. The minimum Gasteiger partial charge on any atom is -0.489 e. The summed E-state index contributed by atoms with van der Waals surface area (Å²) in [5.41, 5.74) is 5.57. The molecule has 1 aliphatic heterocycles. The van der Waals surface area contributed by atoms with E-state index in [9.17, 15) is 4.79 Å². The molecule has 0 unspecified atom stereocenters. The highest BCUT2D eigenvalue weighted by Gasteiger charge is 2.31. The summed E-state index contributed by atoms with van der Waals surface area (Å²) < 4.78 is 6.46. The van der Waals surface area contributed by atoms with Crippen molar-refractivity contribution in [2.24, 2.45) is 0 Å². The maximum absolute atomic E-state index is 12.9. The quantitative estimate of drug-likeness (QED) is 0.330. The van der Waals surface area contributed by atoms with Gasteiger partial charge in [-0.15, -0.1) is 0 Å². The van der Waals surface area contributed by atoms with Gasteiger partial charge in [0.2, 0.25) is 0 Å². The van der Waals surface area contributed by atoms with Crippen molar-refractivity contribution in [1.82, 2.24) is 4.90 Å². The highest BCUT2D eigenvalue weighted by molar-refractivity contribution is 8.26. The molecule has 5 heteroatoms. The van der Waals surface area contributed by atoms with E-state index in [2.05, 4.69) is 31.2 Å². The van der Waals surface area contributed by atoms with Gasteiger partial charge in [-0.3, -0.25) is 9.69 Å². The highest BCUT2D eigenvalue weighted by Crippen LogP contribution is 2.33. The van der Waals surface area contributed by atoms with Gasteiger partial charge in [0, 0.05) is 0 Å². The molecule has 0 bridgehead atoms. The molecule has 3 aromatic rings. The molecule has 3 aromatic carbocycles. The average Bonchev–Trinajstić information content (AvgIpc) is 3.03. The molecule has 0 spiro atoms. The fourth-order valence-corrected chi connectivity index (χ4v) is 4.43. The lowest BCUT2D eigenvalue weighted by Crippen LogP contribution is -2.27. The Kier molecular flexibility index (Phi) is 6.54. The van der Waals surface area contributed by atoms with Gasteiger partial charge in [-0.1, -0.05) is 95.8 Å². The minimum absolute atomic E-state index is 0.0460. The van der Waals surface area contributed by atoms with Gasteiger partial charge in [0.15, 0.2) is 0 Å². The molecule has 1 aliphatic rings. The van der Waals surface area contributed by atoms with Crippen LogP contribution in [0, 0.1) is 13.8 Å². The number of hydrogen-bond acceptors (Lipinski definition) is 4. The van der Waals surface area contributed by atoms with Gasteiger partial charge >= 0.3 is 0 Å². The van der Waals surface area contributed by atoms with Gasteiger partial charge in [0.25, 0.3) is 5.91 Å². The van der Waals surface area contributed by atoms with Crippen LogP contribution >= 0.6 is 24.0 Å². The summed E-state index contributed by atoms with van der Waals surface area (Å²) in [5.74, 6) is 0.750. The van der Waals surface area contributed by atoms with E-state index >= 15 is 0 Å². The van der Waals surface area contributed by atoms with Crippen molar-refractivity contribution < 1.29 is 9.53 Å². The number of carbonyl (C=O) groups is 1. The Morgan fingerprint density at radius 2 is 1.45 bits per heavy atom.